The number of halogens is 3. The van der Waals surface area contributed by atoms with E-state index in [1.807, 2.05) is 11.9 Å². The van der Waals surface area contributed by atoms with E-state index in [1.165, 1.54) is 12.2 Å². The summed E-state index contributed by atoms with van der Waals surface area (Å²) in [7, 11) is 2.00. The number of hydrogen-bond donors (Lipinski definition) is 1. The summed E-state index contributed by atoms with van der Waals surface area (Å²) in [5.41, 5.74) is 1.56. The second-order valence-corrected chi connectivity index (χ2v) is 7.21. The first-order valence-electron chi connectivity index (χ1n) is 9.22. The van der Waals surface area contributed by atoms with Gasteiger partial charge >= 0.3 is 6.18 Å². The largest absolute Gasteiger partial charge is 0.399 e. The Hall–Kier alpha value is -2.54. The fraction of sp³-hybridized carbons (Fsp3) is 0.381. The normalized spacial score (nSPS) is 22.3. The number of hydrogen-bond acceptors (Lipinski definition) is 3. The highest BCUT2D eigenvalue weighted by Gasteiger charge is 2.41. The first-order chi connectivity index (χ1) is 13.2. The summed E-state index contributed by atoms with van der Waals surface area (Å²) in [6, 6.07) is 6.97. The van der Waals surface area contributed by atoms with Crippen molar-refractivity contribution < 1.29 is 18.0 Å². The molecule has 1 aromatic carbocycles. The number of carbonyl (C=O) groups excluding carboxylic acids is 1. The fourth-order valence-electron chi connectivity index (χ4n) is 3.30. The Bertz CT molecular complexity index is 818. The van der Waals surface area contributed by atoms with Crippen molar-refractivity contribution in [3.63, 3.8) is 0 Å². The molecule has 0 bridgehead atoms. The van der Waals surface area contributed by atoms with Crippen molar-refractivity contribution >= 4 is 5.91 Å². The molecule has 0 saturated carbocycles. The van der Waals surface area contributed by atoms with Crippen LogP contribution in [0.15, 0.2) is 60.0 Å². The van der Waals surface area contributed by atoms with E-state index in [4.69, 9.17) is 0 Å². The standard InChI is InChI=1S/C21H24F3N3O/c1-15-5-3-4-6-18(15)20(28)25-17-8-7-16(19(13-17)21(22,23)24)14-27-11-9-26(2)10-12-27/h3-8,13-14,19H,9-12H2,1-2H3,(H,25,28). The predicted molar refractivity (Wildman–Crippen MR) is 103 cm³/mol. The van der Waals surface area contributed by atoms with Crippen molar-refractivity contribution in [1.29, 1.82) is 0 Å². The maximum Gasteiger partial charge on any atom is 0.399 e. The number of likely N-dealkylation sites (N-methyl/N-ethyl adjacent to an activating group) is 1. The lowest BCUT2D eigenvalue weighted by Crippen LogP contribution is -2.42. The van der Waals surface area contributed by atoms with E-state index in [1.54, 1.807) is 37.4 Å². The molecular weight excluding hydrogens is 367 g/mol. The van der Waals surface area contributed by atoms with Crippen molar-refractivity contribution in [3.8, 4) is 0 Å². The zero-order valence-electron chi connectivity index (χ0n) is 16.0. The molecule has 1 unspecified atom stereocenters. The van der Waals surface area contributed by atoms with E-state index >= 15 is 0 Å². The molecule has 0 spiro atoms. The monoisotopic (exact) mass is 391 g/mol. The van der Waals surface area contributed by atoms with Crippen LogP contribution in [-0.2, 0) is 0 Å². The Morgan fingerprint density at radius 1 is 1.14 bits per heavy atom. The van der Waals surface area contributed by atoms with Crippen molar-refractivity contribution in [2.45, 2.75) is 13.1 Å². The SMILES string of the molecule is Cc1ccccc1C(=O)NC1=CC(C(F)(F)F)C(=CN2CCN(C)CC2)C=C1. The average molecular weight is 391 g/mol. The van der Waals surface area contributed by atoms with Crippen LogP contribution in [0.1, 0.15) is 15.9 Å². The van der Waals surface area contributed by atoms with Crippen LogP contribution in [0.5, 0.6) is 0 Å². The highest BCUT2D eigenvalue weighted by molar-refractivity contribution is 5.96. The molecule has 4 nitrogen and oxygen atoms in total. The van der Waals surface area contributed by atoms with Crippen LogP contribution in [0.25, 0.3) is 0 Å². The molecule has 150 valence electrons. The zero-order valence-corrected chi connectivity index (χ0v) is 16.0. The lowest BCUT2D eigenvalue weighted by atomic mass is 9.92. The fourth-order valence-corrected chi connectivity index (χ4v) is 3.30. The van der Waals surface area contributed by atoms with E-state index in [9.17, 15) is 18.0 Å². The summed E-state index contributed by atoms with van der Waals surface area (Å²) in [5.74, 6) is -2.16. The van der Waals surface area contributed by atoms with Crippen LogP contribution in [0.3, 0.4) is 0 Å². The van der Waals surface area contributed by atoms with E-state index in [0.29, 0.717) is 18.7 Å². The van der Waals surface area contributed by atoms with Crippen LogP contribution in [0.4, 0.5) is 13.2 Å². The summed E-state index contributed by atoms with van der Waals surface area (Å²) in [4.78, 5) is 16.5. The number of alkyl halides is 3. The summed E-state index contributed by atoms with van der Waals surface area (Å²) in [6.45, 7) is 4.81. The Morgan fingerprint density at radius 3 is 2.46 bits per heavy atom. The molecule has 3 rings (SSSR count). The Morgan fingerprint density at radius 2 is 1.82 bits per heavy atom. The quantitative estimate of drug-likeness (QED) is 0.857. The molecule has 1 fully saturated rings. The highest BCUT2D eigenvalue weighted by Crippen LogP contribution is 2.37. The Balaban J connectivity index is 1.78. The van der Waals surface area contributed by atoms with Gasteiger partial charge in [0, 0.05) is 43.6 Å². The van der Waals surface area contributed by atoms with Gasteiger partial charge in [-0.05, 0) is 43.3 Å². The molecule has 1 amide bonds. The second kappa shape index (κ2) is 8.22. The van der Waals surface area contributed by atoms with Crippen molar-refractivity contribution in [2.75, 3.05) is 33.2 Å². The first kappa shape index (κ1) is 20.2. The average Bonchev–Trinajstić information content (AvgIpc) is 2.64. The van der Waals surface area contributed by atoms with E-state index in [2.05, 4.69) is 10.2 Å². The molecule has 1 saturated heterocycles. The molecule has 1 aromatic rings. The first-order valence-corrected chi connectivity index (χ1v) is 9.22. The molecule has 1 atom stereocenters. The van der Waals surface area contributed by atoms with Crippen molar-refractivity contribution in [3.05, 3.63) is 71.1 Å². The van der Waals surface area contributed by atoms with Crippen LogP contribution >= 0.6 is 0 Å². The molecule has 28 heavy (non-hydrogen) atoms. The van der Waals surface area contributed by atoms with Crippen molar-refractivity contribution in [1.82, 2.24) is 15.1 Å². The molecule has 7 heteroatoms. The number of amides is 1. The maximum absolute atomic E-state index is 13.6. The number of nitrogens with one attached hydrogen (secondary N) is 1. The third-order valence-corrected chi connectivity index (χ3v) is 5.03. The van der Waals surface area contributed by atoms with Gasteiger partial charge in [0.15, 0.2) is 0 Å². The number of aryl methyl sites for hydroxylation is 1. The third kappa shape index (κ3) is 4.84. The van der Waals surface area contributed by atoms with Gasteiger partial charge in [-0.15, -0.1) is 0 Å². The third-order valence-electron chi connectivity index (χ3n) is 5.03. The van der Waals surface area contributed by atoms with Gasteiger partial charge < -0.3 is 15.1 Å². The van der Waals surface area contributed by atoms with Gasteiger partial charge in [-0.2, -0.15) is 13.2 Å². The Kier molecular flexibility index (Phi) is 5.93. The topological polar surface area (TPSA) is 35.6 Å². The number of piperazine rings is 1. The van der Waals surface area contributed by atoms with E-state index in [0.717, 1.165) is 24.7 Å². The minimum atomic E-state index is -4.43. The smallest absolute Gasteiger partial charge is 0.375 e. The molecule has 0 aromatic heterocycles. The number of allylic oxidation sites excluding steroid dienone is 4. The number of carbonyl (C=O) groups is 1. The molecule has 1 N–H and O–H groups in total. The number of rotatable bonds is 3. The molecule has 0 radical (unpaired) electrons. The van der Waals surface area contributed by atoms with Gasteiger partial charge in [-0.25, -0.2) is 0 Å². The van der Waals surface area contributed by atoms with Crippen LogP contribution in [0.2, 0.25) is 0 Å². The van der Waals surface area contributed by atoms with Gasteiger partial charge in [0.1, 0.15) is 5.92 Å². The molecule has 2 aliphatic rings. The van der Waals surface area contributed by atoms with Gasteiger partial charge in [-0.3, -0.25) is 4.79 Å². The molecule has 1 aliphatic heterocycles. The van der Waals surface area contributed by atoms with Crippen molar-refractivity contribution in [2.24, 2.45) is 5.92 Å². The van der Waals surface area contributed by atoms with E-state index < -0.39 is 18.0 Å². The Labute approximate surface area is 163 Å². The lowest BCUT2D eigenvalue weighted by molar-refractivity contribution is -0.151. The summed E-state index contributed by atoms with van der Waals surface area (Å²) < 4.78 is 40.9. The second-order valence-electron chi connectivity index (χ2n) is 7.21. The lowest BCUT2D eigenvalue weighted by Gasteiger charge is -2.33. The predicted octanol–water partition coefficient (Wildman–Crippen LogP) is 3.49. The minimum absolute atomic E-state index is 0.158. The maximum atomic E-state index is 13.6. The molecular formula is C21H24F3N3O. The van der Waals surface area contributed by atoms with Crippen LogP contribution in [0, 0.1) is 12.8 Å². The summed E-state index contributed by atoms with van der Waals surface area (Å²) in [5, 5.41) is 2.60. The minimum Gasteiger partial charge on any atom is -0.375 e. The molecule has 1 heterocycles. The van der Waals surface area contributed by atoms with Gasteiger partial charge in [0.05, 0.1) is 0 Å². The summed E-state index contributed by atoms with van der Waals surface area (Å²) in [6.07, 6.45) is 1.22. The number of benzene rings is 1. The van der Waals surface area contributed by atoms with Crippen LogP contribution in [-0.4, -0.2) is 55.1 Å². The summed E-state index contributed by atoms with van der Waals surface area (Å²) >= 11 is 0. The highest BCUT2D eigenvalue weighted by atomic mass is 19.4. The van der Waals surface area contributed by atoms with Crippen LogP contribution < -0.4 is 5.32 Å². The molecule has 1 aliphatic carbocycles. The van der Waals surface area contributed by atoms with Gasteiger partial charge in [0.25, 0.3) is 5.91 Å². The van der Waals surface area contributed by atoms with Gasteiger partial charge in [-0.1, -0.05) is 24.3 Å². The number of nitrogens with zero attached hydrogens (tertiary/aromatic N) is 2. The zero-order chi connectivity index (χ0) is 20.3. The van der Waals surface area contributed by atoms with E-state index in [-0.39, 0.29) is 11.3 Å². The van der Waals surface area contributed by atoms with Gasteiger partial charge in [0.2, 0.25) is 0 Å².